The fraction of sp³-hybridized carbons (Fsp3) is 0. The molecule has 0 spiro atoms. The highest BCUT2D eigenvalue weighted by molar-refractivity contribution is 6.44. The molecule has 4 rings (SSSR count). The van der Waals surface area contributed by atoms with Crippen molar-refractivity contribution in [2.45, 2.75) is 0 Å². The summed E-state index contributed by atoms with van der Waals surface area (Å²) in [7, 11) is 0. The molecule has 1 N–H and O–H groups in total. The van der Waals surface area contributed by atoms with E-state index in [9.17, 15) is 4.79 Å². The van der Waals surface area contributed by atoms with Crippen molar-refractivity contribution in [1.29, 1.82) is 0 Å². The second-order valence-electron chi connectivity index (χ2n) is 5.70. The Labute approximate surface area is 169 Å². The van der Waals surface area contributed by atoms with Crippen molar-refractivity contribution in [3.8, 4) is 5.69 Å². The minimum Gasteiger partial charge on any atom is -0.321 e. The molecule has 8 heteroatoms. The van der Waals surface area contributed by atoms with Crippen LogP contribution in [0.3, 0.4) is 0 Å². The number of anilines is 1. The average Bonchev–Trinajstić information content (AvgIpc) is 3.07. The fourth-order valence-corrected chi connectivity index (χ4v) is 3.17. The maximum atomic E-state index is 12.5. The van der Waals surface area contributed by atoms with E-state index in [4.69, 9.17) is 34.8 Å². The number of hydrogen-bond donors (Lipinski definition) is 1. The third-order valence-electron chi connectivity index (χ3n) is 3.90. The van der Waals surface area contributed by atoms with Gasteiger partial charge in [-0.2, -0.15) is 4.80 Å². The Morgan fingerprint density at radius 3 is 2.30 bits per heavy atom. The number of nitrogens with one attached hydrogen (secondary N) is 1. The third-order valence-corrected chi connectivity index (χ3v) is 5.03. The Morgan fingerprint density at radius 2 is 1.56 bits per heavy atom. The van der Waals surface area contributed by atoms with Crippen LogP contribution in [0.5, 0.6) is 0 Å². The Kier molecular flexibility index (Phi) is 4.74. The zero-order chi connectivity index (χ0) is 19.0. The van der Waals surface area contributed by atoms with Gasteiger partial charge in [0.15, 0.2) is 0 Å². The Hall–Kier alpha value is -2.60. The number of para-hydroxylation sites is 1. The Bertz CT molecular complexity index is 1160. The van der Waals surface area contributed by atoms with Gasteiger partial charge >= 0.3 is 0 Å². The number of aromatic nitrogens is 3. The van der Waals surface area contributed by atoms with E-state index in [1.165, 1.54) is 4.80 Å². The van der Waals surface area contributed by atoms with Gasteiger partial charge in [0, 0.05) is 0 Å². The van der Waals surface area contributed by atoms with Gasteiger partial charge in [-0.05, 0) is 36.4 Å². The molecule has 0 saturated carbocycles. The molecule has 0 aliphatic heterocycles. The highest BCUT2D eigenvalue weighted by atomic mass is 35.5. The second-order valence-corrected chi connectivity index (χ2v) is 6.89. The monoisotopic (exact) mass is 416 g/mol. The maximum Gasteiger partial charge on any atom is 0.257 e. The van der Waals surface area contributed by atoms with Gasteiger partial charge < -0.3 is 5.32 Å². The quantitative estimate of drug-likeness (QED) is 0.470. The largest absolute Gasteiger partial charge is 0.321 e. The first-order valence-corrected chi connectivity index (χ1v) is 9.04. The van der Waals surface area contributed by atoms with E-state index in [1.54, 1.807) is 30.3 Å². The number of hydrogen-bond acceptors (Lipinski definition) is 3. The number of amides is 1. The molecule has 1 aromatic heterocycles. The first kappa shape index (κ1) is 17.8. The zero-order valence-corrected chi connectivity index (χ0v) is 15.9. The smallest absolute Gasteiger partial charge is 0.257 e. The topological polar surface area (TPSA) is 59.8 Å². The number of nitrogens with zero attached hydrogens (tertiary/aromatic N) is 3. The molecule has 1 amide bonds. The summed E-state index contributed by atoms with van der Waals surface area (Å²) in [5, 5.41) is 12.4. The summed E-state index contributed by atoms with van der Waals surface area (Å²) in [6.45, 7) is 0. The van der Waals surface area contributed by atoms with E-state index >= 15 is 0 Å². The Morgan fingerprint density at radius 1 is 0.852 bits per heavy atom. The SMILES string of the molecule is O=C(Nc1cc2nn(-c3ccccc3)nc2cc1Cl)c1cccc(Cl)c1Cl. The second kappa shape index (κ2) is 7.19. The van der Waals surface area contributed by atoms with Crippen molar-refractivity contribution in [2.24, 2.45) is 0 Å². The normalized spacial score (nSPS) is 10.9. The van der Waals surface area contributed by atoms with E-state index < -0.39 is 5.91 Å². The van der Waals surface area contributed by atoms with Crippen LogP contribution < -0.4 is 5.32 Å². The lowest BCUT2D eigenvalue weighted by Gasteiger charge is -2.09. The third kappa shape index (κ3) is 3.49. The van der Waals surface area contributed by atoms with Gasteiger partial charge in [0.25, 0.3) is 5.91 Å². The maximum absolute atomic E-state index is 12.5. The predicted octanol–water partition coefficient (Wildman–Crippen LogP) is 5.63. The van der Waals surface area contributed by atoms with Gasteiger partial charge in [-0.3, -0.25) is 4.79 Å². The summed E-state index contributed by atoms with van der Waals surface area (Å²) >= 11 is 18.4. The number of fused-ring (bicyclic) bond motifs is 1. The molecule has 27 heavy (non-hydrogen) atoms. The van der Waals surface area contributed by atoms with Crippen molar-refractivity contribution in [2.75, 3.05) is 5.32 Å². The summed E-state index contributed by atoms with van der Waals surface area (Å²) in [6, 6.07) is 17.7. The van der Waals surface area contributed by atoms with Crippen LogP contribution >= 0.6 is 34.8 Å². The molecular weight excluding hydrogens is 407 g/mol. The van der Waals surface area contributed by atoms with Crippen molar-refractivity contribution < 1.29 is 4.79 Å². The highest BCUT2D eigenvalue weighted by Gasteiger charge is 2.16. The zero-order valence-electron chi connectivity index (χ0n) is 13.7. The molecule has 0 fully saturated rings. The predicted molar refractivity (Wildman–Crippen MR) is 108 cm³/mol. The molecule has 0 saturated heterocycles. The molecule has 0 unspecified atom stereocenters. The fourth-order valence-electron chi connectivity index (χ4n) is 2.58. The molecule has 3 aromatic carbocycles. The summed E-state index contributed by atoms with van der Waals surface area (Å²) in [5.41, 5.74) is 2.69. The number of halogens is 3. The first-order valence-electron chi connectivity index (χ1n) is 7.90. The molecule has 5 nitrogen and oxygen atoms in total. The number of carbonyl (C=O) groups is 1. The van der Waals surface area contributed by atoms with Gasteiger partial charge in [0.1, 0.15) is 11.0 Å². The summed E-state index contributed by atoms with van der Waals surface area (Å²) < 4.78 is 0. The van der Waals surface area contributed by atoms with E-state index in [0.29, 0.717) is 26.8 Å². The van der Waals surface area contributed by atoms with Crippen LogP contribution in [0.4, 0.5) is 5.69 Å². The molecule has 1 heterocycles. The molecule has 0 atom stereocenters. The summed E-state index contributed by atoms with van der Waals surface area (Å²) in [4.78, 5) is 14.1. The van der Waals surface area contributed by atoms with Crippen molar-refractivity contribution in [3.63, 3.8) is 0 Å². The molecule has 0 bridgehead atoms. The van der Waals surface area contributed by atoms with Crippen LogP contribution in [0.1, 0.15) is 10.4 Å². The van der Waals surface area contributed by atoms with E-state index in [0.717, 1.165) is 5.69 Å². The highest BCUT2D eigenvalue weighted by Crippen LogP contribution is 2.30. The van der Waals surface area contributed by atoms with Crippen molar-refractivity contribution in [3.05, 3.63) is 81.3 Å². The summed E-state index contributed by atoms with van der Waals surface area (Å²) in [5.74, 6) is -0.417. The van der Waals surface area contributed by atoms with Crippen LogP contribution in [-0.2, 0) is 0 Å². The lowest BCUT2D eigenvalue weighted by molar-refractivity contribution is 0.102. The standard InChI is InChI=1S/C19H11Cl3N4O/c20-13-8-4-7-12(18(13)22)19(27)23-15-10-17-16(9-14(15)21)24-26(25-17)11-5-2-1-3-6-11/h1-10H,(H,23,27). The van der Waals surface area contributed by atoms with E-state index in [1.807, 2.05) is 30.3 Å². The lowest BCUT2D eigenvalue weighted by Crippen LogP contribution is -2.13. The molecule has 4 aromatic rings. The number of rotatable bonds is 3. The number of carbonyl (C=O) groups excluding carboxylic acids is 1. The van der Waals surface area contributed by atoms with Gasteiger partial charge in [0.2, 0.25) is 0 Å². The van der Waals surface area contributed by atoms with Crippen LogP contribution in [-0.4, -0.2) is 20.9 Å². The molecule has 0 radical (unpaired) electrons. The van der Waals surface area contributed by atoms with E-state index in [-0.39, 0.29) is 10.6 Å². The van der Waals surface area contributed by atoms with Gasteiger partial charge in [-0.15, -0.1) is 10.2 Å². The first-order chi connectivity index (χ1) is 13.0. The summed E-state index contributed by atoms with van der Waals surface area (Å²) in [6.07, 6.45) is 0. The van der Waals surface area contributed by atoms with Gasteiger partial charge in [0.05, 0.1) is 32.0 Å². The van der Waals surface area contributed by atoms with Gasteiger partial charge in [-0.1, -0.05) is 59.1 Å². The van der Waals surface area contributed by atoms with Crippen LogP contribution in [0, 0.1) is 0 Å². The molecule has 0 aliphatic carbocycles. The number of benzene rings is 3. The molecular formula is C19H11Cl3N4O. The van der Waals surface area contributed by atoms with Crippen molar-refractivity contribution >= 4 is 57.4 Å². The average molecular weight is 418 g/mol. The minimum atomic E-state index is -0.417. The Balaban J connectivity index is 1.69. The molecule has 134 valence electrons. The van der Waals surface area contributed by atoms with Crippen LogP contribution in [0.2, 0.25) is 15.1 Å². The van der Waals surface area contributed by atoms with Gasteiger partial charge in [-0.25, -0.2) is 0 Å². The van der Waals surface area contributed by atoms with E-state index in [2.05, 4.69) is 15.5 Å². The molecule has 0 aliphatic rings. The van der Waals surface area contributed by atoms with Crippen molar-refractivity contribution in [1.82, 2.24) is 15.0 Å². The van der Waals surface area contributed by atoms with Crippen LogP contribution in [0.25, 0.3) is 16.7 Å². The lowest BCUT2D eigenvalue weighted by atomic mass is 10.2. The minimum absolute atomic E-state index is 0.184. The van der Waals surface area contributed by atoms with Crippen LogP contribution in [0.15, 0.2) is 60.7 Å².